The van der Waals surface area contributed by atoms with Crippen LogP contribution in [0.2, 0.25) is 0 Å². The lowest BCUT2D eigenvalue weighted by molar-refractivity contribution is -0.130. The van der Waals surface area contributed by atoms with Gasteiger partial charge in [-0.2, -0.15) is 0 Å². The van der Waals surface area contributed by atoms with Gasteiger partial charge in [-0.05, 0) is 50.1 Å². The topological polar surface area (TPSA) is 67.9 Å². The highest BCUT2D eigenvalue weighted by Gasteiger charge is 2.48. The van der Waals surface area contributed by atoms with Crippen molar-refractivity contribution in [1.82, 2.24) is 4.90 Å². The van der Waals surface area contributed by atoms with Crippen molar-refractivity contribution in [2.75, 3.05) is 27.2 Å². The molecule has 5 nitrogen and oxygen atoms in total. The number of aliphatic imine (C=N–C) groups is 1. The third-order valence-electron chi connectivity index (χ3n) is 6.78. The molecule has 1 spiro atoms. The van der Waals surface area contributed by atoms with Crippen LogP contribution in [-0.4, -0.2) is 49.8 Å². The Balaban J connectivity index is 1.89. The Morgan fingerprint density at radius 3 is 2.78 bits per heavy atom. The minimum absolute atomic E-state index is 0.0671. The van der Waals surface area contributed by atoms with Gasteiger partial charge in [-0.3, -0.25) is 9.79 Å². The van der Waals surface area contributed by atoms with Crippen molar-refractivity contribution in [3.05, 3.63) is 65.2 Å². The number of fused-ring (bicyclic) bond motifs is 2. The fraction of sp³-hybridized carbons (Fsp3) is 0.440. The fourth-order valence-electron chi connectivity index (χ4n) is 5.15. The first-order chi connectivity index (χ1) is 15.4. The van der Waals surface area contributed by atoms with Crippen LogP contribution in [-0.2, 0) is 10.2 Å². The standard InChI is InChI=1S/C25H29F2N3O2/c1-30(2)24(31)21-9-11-25(14-22(29-21)18-13-17(26)7-8-20(18)27)16(10-12-28)15-32-23-6-4-3-5-19(23)25/h3-8,13,16,21H,9-12,14-15,28H2,1-2H3. The maximum Gasteiger partial charge on any atom is 0.246 e. The number of hydrogen-bond acceptors (Lipinski definition) is 4. The van der Waals surface area contributed by atoms with Gasteiger partial charge in [0.05, 0.1) is 6.61 Å². The predicted molar refractivity (Wildman–Crippen MR) is 120 cm³/mol. The molecule has 0 saturated heterocycles. The van der Waals surface area contributed by atoms with E-state index in [1.807, 2.05) is 24.3 Å². The molecule has 2 aliphatic heterocycles. The highest BCUT2D eigenvalue weighted by Crippen LogP contribution is 2.50. The Morgan fingerprint density at radius 2 is 2.03 bits per heavy atom. The highest BCUT2D eigenvalue weighted by molar-refractivity contribution is 6.03. The van der Waals surface area contributed by atoms with Crippen LogP contribution < -0.4 is 10.5 Å². The molecule has 0 saturated carbocycles. The van der Waals surface area contributed by atoms with Gasteiger partial charge >= 0.3 is 0 Å². The van der Waals surface area contributed by atoms with Gasteiger partial charge in [0.2, 0.25) is 5.91 Å². The van der Waals surface area contributed by atoms with Crippen LogP contribution in [0.4, 0.5) is 8.78 Å². The molecule has 2 N–H and O–H groups in total. The van der Waals surface area contributed by atoms with Crippen molar-refractivity contribution in [2.24, 2.45) is 16.6 Å². The molecule has 4 rings (SSSR count). The second-order valence-electron chi connectivity index (χ2n) is 8.90. The SMILES string of the molecule is CN(C)C(=O)C1CCC2(CC(c3cc(F)ccc3F)=N1)c1ccccc1OCC2CCN. The Hall–Kier alpha value is -2.80. The first-order valence-corrected chi connectivity index (χ1v) is 11.0. The molecule has 1 amide bonds. The zero-order valence-corrected chi connectivity index (χ0v) is 18.5. The van der Waals surface area contributed by atoms with Crippen LogP contribution in [0.1, 0.15) is 36.8 Å². The van der Waals surface area contributed by atoms with Gasteiger partial charge in [-0.1, -0.05) is 18.2 Å². The summed E-state index contributed by atoms with van der Waals surface area (Å²) in [5, 5.41) is 0. The molecule has 3 unspecified atom stereocenters. The van der Waals surface area contributed by atoms with Gasteiger partial charge in [0.1, 0.15) is 23.4 Å². The smallest absolute Gasteiger partial charge is 0.246 e. The number of hydrogen-bond donors (Lipinski definition) is 1. The summed E-state index contributed by atoms with van der Waals surface area (Å²) in [5.74, 6) is -0.375. The molecule has 0 aliphatic carbocycles. The van der Waals surface area contributed by atoms with E-state index in [1.54, 1.807) is 14.1 Å². The molecule has 0 radical (unpaired) electrons. The Bertz CT molecular complexity index is 1040. The minimum atomic E-state index is -0.657. The zero-order chi connectivity index (χ0) is 22.9. The van der Waals surface area contributed by atoms with Gasteiger partial charge in [0, 0.05) is 48.7 Å². The van der Waals surface area contributed by atoms with Gasteiger partial charge in [-0.15, -0.1) is 0 Å². The summed E-state index contributed by atoms with van der Waals surface area (Å²) in [6.07, 6.45) is 2.29. The second-order valence-corrected chi connectivity index (χ2v) is 8.90. The number of nitrogens with two attached hydrogens (primary N) is 1. The molecule has 2 aliphatic rings. The Kier molecular flexibility index (Phi) is 6.29. The average molecular weight is 442 g/mol. The molecule has 0 bridgehead atoms. The van der Waals surface area contributed by atoms with Gasteiger partial charge < -0.3 is 15.4 Å². The summed E-state index contributed by atoms with van der Waals surface area (Å²) in [6, 6.07) is 10.6. The zero-order valence-electron chi connectivity index (χ0n) is 18.5. The van der Waals surface area contributed by atoms with Crippen LogP contribution in [0.25, 0.3) is 0 Å². The van der Waals surface area contributed by atoms with Crippen LogP contribution in [0.15, 0.2) is 47.5 Å². The van der Waals surface area contributed by atoms with E-state index in [9.17, 15) is 13.6 Å². The third-order valence-corrected chi connectivity index (χ3v) is 6.78. The lowest BCUT2D eigenvalue weighted by atomic mass is 9.62. The van der Waals surface area contributed by atoms with Gasteiger partial charge in [0.25, 0.3) is 0 Å². The molecule has 0 aromatic heterocycles. The highest BCUT2D eigenvalue weighted by atomic mass is 19.1. The van der Waals surface area contributed by atoms with E-state index in [4.69, 9.17) is 15.5 Å². The molecule has 0 fully saturated rings. The normalized spacial score (nSPS) is 24.8. The number of ether oxygens (including phenoxy) is 1. The largest absolute Gasteiger partial charge is 0.493 e. The van der Waals surface area contributed by atoms with E-state index in [0.717, 1.165) is 29.9 Å². The predicted octanol–water partition coefficient (Wildman–Crippen LogP) is 3.69. The molecule has 2 aromatic carbocycles. The Labute approximate surface area is 187 Å². The minimum Gasteiger partial charge on any atom is -0.493 e. The van der Waals surface area contributed by atoms with Crippen molar-refractivity contribution < 1.29 is 18.3 Å². The van der Waals surface area contributed by atoms with Crippen LogP contribution in [0, 0.1) is 17.6 Å². The van der Waals surface area contributed by atoms with Gasteiger partial charge in [0.15, 0.2) is 0 Å². The summed E-state index contributed by atoms with van der Waals surface area (Å²) in [6.45, 7) is 0.970. The third kappa shape index (κ3) is 4.01. The maximum atomic E-state index is 14.9. The van der Waals surface area contributed by atoms with Crippen LogP contribution >= 0.6 is 0 Å². The Morgan fingerprint density at radius 1 is 1.25 bits per heavy atom. The number of halogens is 2. The molecule has 2 heterocycles. The lowest BCUT2D eigenvalue weighted by Gasteiger charge is -2.45. The molecule has 7 heteroatoms. The number of para-hydroxylation sites is 1. The summed E-state index contributed by atoms with van der Waals surface area (Å²) in [5.41, 5.74) is 7.07. The lowest BCUT2D eigenvalue weighted by Crippen LogP contribution is -2.45. The van der Waals surface area contributed by atoms with Crippen molar-refractivity contribution >= 4 is 11.6 Å². The maximum absolute atomic E-state index is 14.9. The molecular formula is C25H29F2N3O2. The van der Waals surface area contributed by atoms with E-state index in [2.05, 4.69) is 0 Å². The molecule has 32 heavy (non-hydrogen) atoms. The van der Waals surface area contributed by atoms with E-state index >= 15 is 0 Å². The quantitative estimate of drug-likeness (QED) is 0.787. The van der Waals surface area contributed by atoms with Crippen LogP contribution in [0.3, 0.4) is 0 Å². The first-order valence-electron chi connectivity index (χ1n) is 11.0. The molecule has 170 valence electrons. The molecule has 2 aromatic rings. The van der Waals surface area contributed by atoms with Gasteiger partial charge in [-0.25, -0.2) is 8.78 Å². The van der Waals surface area contributed by atoms with Crippen molar-refractivity contribution in [3.8, 4) is 5.75 Å². The number of amides is 1. The number of carbonyl (C=O) groups is 1. The molecular weight excluding hydrogens is 412 g/mol. The van der Waals surface area contributed by atoms with E-state index in [1.165, 1.54) is 11.0 Å². The summed E-state index contributed by atoms with van der Waals surface area (Å²) in [4.78, 5) is 19.1. The van der Waals surface area contributed by atoms with E-state index in [0.29, 0.717) is 38.1 Å². The summed E-state index contributed by atoms with van der Waals surface area (Å²) in [7, 11) is 3.36. The fourth-order valence-corrected chi connectivity index (χ4v) is 5.15. The second kappa shape index (κ2) is 8.98. The van der Waals surface area contributed by atoms with E-state index < -0.39 is 23.1 Å². The monoisotopic (exact) mass is 441 g/mol. The number of benzene rings is 2. The molecule has 3 atom stereocenters. The van der Waals surface area contributed by atoms with Crippen molar-refractivity contribution in [2.45, 2.75) is 37.1 Å². The number of carbonyl (C=O) groups excluding carboxylic acids is 1. The summed E-state index contributed by atoms with van der Waals surface area (Å²) >= 11 is 0. The average Bonchev–Trinajstić information content (AvgIpc) is 2.98. The van der Waals surface area contributed by atoms with Crippen molar-refractivity contribution in [3.63, 3.8) is 0 Å². The van der Waals surface area contributed by atoms with Crippen molar-refractivity contribution in [1.29, 1.82) is 0 Å². The number of nitrogens with zero attached hydrogens (tertiary/aromatic N) is 2. The van der Waals surface area contributed by atoms with E-state index in [-0.39, 0.29) is 17.4 Å². The number of rotatable bonds is 4. The van der Waals surface area contributed by atoms with Crippen LogP contribution in [0.5, 0.6) is 5.75 Å². The number of likely N-dealkylation sites (N-methyl/N-ethyl adjacent to an activating group) is 1. The first kappa shape index (κ1) is 22.4. The summed E-state index contributed by atoms with van der Waals surface area (Å²) < 4.78 is 35.1.